The minimum absolute atomic E-state index is 0. The fraction of sp³-hybridized carbons (Fsp3) is 0.579. The van der Waals surface area contributed by atoms with Crippen LogP contribution in [0.25, 0.3) is 0 Å². The van der Waals surface area contributed by atoms with Crippen molar-refractivity contribution in [2.24, 2.45) is 10.9 Å². The number of methoxy groups -OCH3 is 1. The van der Waals surface area contributed by atoms with Crippen molar-refractivity contribution in [3.63, 3.8) is 0 Å². The number of guanidine groups is 1. The van der Waals surface area contributed by atoms with Gasteiger partial charge in [-0.05, 0) is 37.5 Å². The van der Waals surface area contributed by atoms with Gasteiger partial charge in [-0.15, -0.1) is 24.0 Å². The minimum Gasteiger partial charge on any atom is -0.469 e. The number of esters is 1. The van der Waals surface area contributed by atoms with Crippen LogP contribution in [0.3, 0.4) is 0 Å². The van der Waals surface area contributed by atoms with Crippen LogP contribution in [-0.4, -0.2) is 50.1 Å². The molecule has 1 aromatic carbocycles. The lowest BCUT2D eigenvalue weighted by molar-refractivity contribution is -0.146. The molecule has 152 valence electrons. The van der Waals surface area contributed by atoms with Gasteiger partial charge in [0.15, 0.2) is 17.6 Å². The molecule has 2 rings (SSSR count). The zero-order valence-corrected chi connectivity index (χ0v) is 18.3. The van der Waals surface area contributed by atoms with E-state index in [9.17, 15) is 13.6 Å². The lowest BCUT2D eigenvalue weighted by Crippen LogP contribution is -2.46. The standard InChI is InChI=1S/C19H27F2N3O2.HI/c1-4-22-19(24-9-7-14(8-10-24)18(25)26-3)23-12-13(2)15-5-6-16(20)17(21)11-15;/h5-6,11,13-14H,4,7-10,12H2,1-3H3,(H,22,23);1H. The average Bonchev–Trinajstić information content (AvgIpc) is 2.66. The second-order valence-corrected chi connectivity index (χ2v) is 6.55. The second kappa shape index (κ2) is 11.4. The topological polar surface area (TPSA) is 53.9 Å². The van der Waals surface area contributed by atoms with Crippen LogP contribution < -0.4 is 5.32 Å². The molecule has 1 aliphatic rings. The Bertz CT molecular complexity index is 650. The Labute approximate surface area is 176 Å². The lowest BCUT2D eigenvalue weighted by atomic mass is 9.97. The summed E-state index contributed by atoms with van der Waals surface area (Å²) in [7, 11) is 1.42. The first-order valence-electron chi connectivity index (χ1n) is 9.02. The first kappa shape index (κ1) is 23.6. The fourth-order valence-electron chi connectivity index (χ4n) is 3.07. The number of nitrogens with one attached hydrogen (secondary N) is 1. The summed E-state index contributed by atoms with van der Waals surface area (Å²) in [5.41, 5.74) is 0.716. The van der Waals surface area contributed by atoms with Crippen LogP contribution >= 0.6 is 24.0 Å². The number of ether oxygens (including phenoxy) is 1. The summed E-state index contributed by atoms with van der Waals surface area (Å²) in [6, 6.07) is 3.96. The van der Waals surface area contributed by atoms with Gasteiger partial charge in [0.1, 0.15) is 0 Å². The van der Waals surface area contributed by atoms with Crippen molar-refractivity contribution in [1.29, 1.82) is 0 Å². The molecule has 5 nitrogen and oxygen atoms in total. The highest BCUT2D eigenvalue weighted by Crippen LogP contribution is 2.20. The van der Waals surface area contributed by atoms with Gasteiger partial charge < -0.3 is 15.0 Å². The second-order valence-electron chi connectivity index (χ2n) is 6.55. The zero-order valence-electron chi connectivity index (χ0n) is 16.0. The Hall–Kier alpha value is -1.45. The number of nitrogens with zero attached hydrogens (tertiary/aromatic N) is 2. The van der Waals surface area contributed by atoms with E-state index >= 15 is 0 Å². The summed E-state index contributed by atoms with van der Waals surface area (Å²) < 4.78 is 31.3. The van der Waals surface area contributed by atoms with Gasteiger partial charge in [0.05, 0.1) is 13.0 Å². The quantitative estimate of drug-likeness (QED) is 0.294. The molecule has 1 aliphatic heterocycles. The van der Waals surface area contributed by atoms with Gasteiger partial charge in [-0.1, -0.05) is 13.0 Å². The monoisotopic (exact) mass is 495 g/mol. The maximum absolute atomic E-state index is 13.4. The number of likely N-dealkylation sites (tertiary alicyclic amines) is 1. The van der Waals surface area contributed by atoms with E-state index in [1.165, 1.54) is 13.2 Å². The van der Waals surface area contributed by atoms with Crippen LogP contribution in [0.1, 0.15) is 38.2 Å². The molecule has 0 aromatic heterocycles. The van der Waals surface area contributed by atoms with Crippen LogP contribution in [0.15, 0.2) is 23.2 Å². The highest BCUT2D eigenvalue weighted by molar-refractivity contribution is 14.0. The molecular weight excluding hydrogens is 467 g/mol. The summed E-state index contributed by atoms with van der Waals surface area (Å²) in [5, 5.41) is 3.26. The molecule has 1 heterocycles. The van der Waals surface area contributed by atoms with Crippen LogP contribution in [0.5, 0.6) is 0 Å². The van der Waals surface area contributed by atoms with Crippen molar-refractivity contribution >= 4 is 35.9 Å². The van der Waals surface area contributed by atoms with Gasteiger partial charge in [-0.3, -0.25) is 9.79 Å². The molecule has 0 radical (unpaired) electrons. The summed E-state index contributed by atoms with van der Waals surface area (Å²) in [4.78, 5) is 18.4. The van der Waals surface area contributed by atoms with E-state index in [0.29, 0.717) is 12.1 Å². The number of hydrogen-bond acceptors (Lipinski definition) is 3. The number of hydrogen-bond donors (Lipinski definition) is 1. The van der Waals surface area contributed by atoms with Crippen molar-refractivity contribution in [3.05, 3.63) is 35.4 Å². The molecule has 8 heteroatoms. The summed E-state index contributed by atoms with van der Waals surface area (Å²) in [6.07, 6.45) is 1.46. The number of carbonyl (C=O) groups is 1. The number of benzene rings is 1. The normalized spacial score (nSPS) is 16.5. The summed E-state index contributed by atoms with van der Waals surface area (Å²) >= 11 is 0. The van der Waals surface area contributed by atoms with Gasteiger partial charge in [0, 0.05) is 32.1 Å². The Kier molecular flexibility index (Phi) is 9.97. The van der Waals surface area contributed by atoms with Crippen molar-refractivity contribution in [3.8, 4) is 0 Å². The molecule has 0 saturated carbocycles. The largest absolute Gasteiger partial charge is 0.469 e. The molecule has 0 aliphatic carbocycles. The van der Waals surface area contributed by atoms with E-state index in [-0.39, 0.29) is 41.8 Å². The molecule has 27 heavy (non-hydrogen) atoms. The number of rotatable bonds is 5. The highest BCUT2D eigenvalue weighted by Gasteiger charge is 2.27. The number of carbonyl (C=O) groups excluding carboxylic acids is 1. The van der Waals surface area contributed by atoms with Crippen molar-refractivity contribution < 1.29 is 18.3 Å². The highest BCUT2D eigenvalue weighted by atomic mass is 127. The molecule has 1 N–H and O–H groups in total. The number of halogens is 3. The van der Waals surface area contributed by atoms with Crippen molar-refractivity contribution in [1.82, 2.24) is 10.2 Å². The Morgan fingerprint density at radius 3 is 2.56 bits per heavy atom. The average molecular weight is 495 g/mol. The van der Waals surface area contributed by atoms with Crippen LogP contribution in [-0.2, 0) is 9.53 Å². The maximum atomic E-state index is 13.4. The molecule has 1 unspecified atom stereocenters. The van der Waals surface area contributed by atoms with Gasteiger partial charge in [-0.25, -0.2) is 8.78 Å². The first-order valence-corrected chi connectivity index (χ1v) is 9.02. The van der Waals surface area contributed by atoms with Crippen LogP contribution in [0, 0.1) is 17.6 Å². The predicted molar refractivity (Wildman–Crippen MR) is 112 cm³/mol. The van der Waals surface area contributed by atoms with Crippen LogP contribution in [0.2, 0.25) is 0 Å². The van der Waals surface area contributed by atoms with Gasteiger partial charge in [0.25, 0.3) is 0 Å². The third-order valence-electron chi connectivity index (χ3n) is 4.69. The first-order chi connectivity index (χ1) is 12.5. The van der Waals surface area contributed by atoms with Crippen LogP contribution in [0.4, 0.5) is 8.78 Å². The lowest BCUT2D eigenvalue weighted by Gasteiger charge is -2.33. The third kappa shape index (κ3) is 6.58. The van der Waals surface area contributed by atoms with E-state index in [1.807, 2.05) is 13.8 Å². The zero-order chi connectivity index (χ0) is 19.1. The van der Waals surface area contributed by atoms with E-state index in [4.69, 9.17) is 4.74 Å². The molecule has 1 atom stereocenters. The summed E-state index contributed by atoms with van der Waals surface area (Å²) in [6.45, 7) is 6.58. The van der Waals surface area contributed by atoms with Gasteiger partial charge in [0.2, 0.25) is 0 Å². The molecule has 1 saturated heterocycles. The number of aliphatic imine (C=N–C) groups is 1. The Balaban J connectivity index is 0.00000364. The van der Waals surface area contributed by atoms with Gasteiger partial charge >= 0.3 is 5.97 Å². The van der Waals surface area contributed by atoms with E-state index in [1.54, 1.807) is 6.07 Å². The Morgan fingerprint density at radius 1 is 1.33 bits per heavy atom. The molecular formula is C19H28F2IN3O2. The van der Waals surface area contributed by atoms with Crippen molar-refractivity contribution in [2.75, 3.05) is 33.3 Å². The predicted octanol–water partition coefficient (Wildman–Crippen LogP) is 3.54. The SMILES string of the molecule is CCNC(=NCC(C)c1ccc(F)c(F)c1)N1CCC(C(=O)OC)CC1.I. The smallest absolute Gasteiger partial charge is 0.308 e. The molecule has 0 amide bonds. The molecule has 1 fully saturated rings. The Morgan fingerprint density at radius 2 is 2.00 bits per heavy atom. The molecule has 1 aromatic rings. The van der Waals surface area contributed by atoms with E-state index in [0.717, 1.165) is 44.5 Å². The third-order valence-corrected chi connectivity index (χ3v) is 4.69. The number of piperidine rings is 1. The molecule has 0 bridgehead atoms. The maximum Gasteiger partial charge on any atom is 0.308 e. The van der Waals surface area contributed by atoms with E-state index < -0.39 is 11.6 Å². The molecule has 0 spiro atoms. The summed E-state index contributed by atoms with van der Waals surface area (Å²) in [5.74, 6) is -1.14. The minimum atomic E-state index is -0.841. The van der Waals surface area contributed by atoms with E-state index in [2.05, 4.69) is 15.2 Å². The van der Waals surface area contributed by atoms with Crippen molar-refractivity contribution in [2.45, 2.75) is 32.6 Å². The van der Waals surface area contributed by atoms with Gasteiger partial charge in [-0.2, -0.15) is 0 Å². The fourth-order valence-corrected chi connectivity index (χ4v) is 3.07.